The highest BCUT2D eigenvalue weighted by Gasteiger charge is 2.50. The molecule has 9 heteroatoms. The monoisotopic (exact) mass is 622 g/mol. The molecule has 0 aliphatic rings. The van der Waals surface area contributed by atoms with Crippen molar-refractivity contribution < 1.29 is 18.9 Å². The molecule has 0 saturated carbocycles. The van der Waals surface area contributed by atoms with Crippen LogP contribution in [0.4, 0.5) is 11.4 Å². The third-order valence-corrected chi connectivity index (χ3v) is 13.7. The number of carbonyl (C=O) groups is 1. The largest absolute Gasteiger partial charge is 0.497 e. The van der Waals surface area contributed by atoms with Gasteiger partial charge in [-0.05, 0) is 69.5 Å². The number of carbonyl (C=O) groups excluding carboxylic acids is 1. The van der Waals surface area contributed by atoms with E-state index >= 15 is 0 Å². The number of hydrogen-bond acceptors (Lipinski definition) is 6. The molecule has 0 aliphatic heterocycles. The van der Waals surface area contributed by atoms with Crippen molar-refractivity contribution in [1.82, 2.24) is 0 Å². The van der Waals surface area contributed by atoms with E-state index in [2.05, 4.69) is 74.6 Å². The number of nitro groups is 1. The first kappa shape index (κ1) is 30.9. The zero-order valence-electron chi connectivity index (χ0n) is 25.1. The summed E-state index contributed by atoms with van der Waals surface area (Å²) >= 11 is 1.57. The van der Waals surface area contributed by atoms with Gasteiger partial charge in [0.2, 0.25) is 0 Å². The number of amides is 1. The Bertz CT molecular complexity index is 1710. The summed E-state index contributed by atoms with van der Waals surface area (Å²) in [4.78, 5) is 26.2. The standard InChI is InChI=1S/C35H34N2O5SSi/c1-35(2,3)44(29-11-7-5-8-12-29,30-13-9-6-10-14-30)42-24-28-20-22-33(43-28)26-17-21-32(37(39)40)31(23-26)36-34(38)25-15-18-27(41-4)19-16-25/h5-23H,24H2,1-4H3,(H,36,38). The minimum atomic E-state index is -2.71. The Morgan fingerprint density at radius 1 is 0.864 bits per heavy atom. The van der Waals surface area contributed by atoms with Crippen LogP contribution in [0, 0.1) is 10.1 Å². The Labute approximate surface area is 262 Å². The van der Waals surface area contributed by atoms with E-state index in [1.807, 2.05) is 24.3 Å². The molecular weight excluding hydrogens is 589 g/mol. The number of nitrogens with zero attached hydrogens (tertiary/aromatic N) is 1. The SMILES string of the molecule is COc1ccc(C(=O)Nc2cc(-c3ccc(CO[Si](c4ccccc4)(c4ccccc4)C(C)(C)C)s3)ccc2[N+](=O)[O-])cc1. The molecule has 0 unspecified atom stereocenters. The molecule has 0 aliphatic carbocycles. The summed E-state index contributed by atoms with van der Waals surface area (Å²) in [7, 11) is -1.17. The first-order chi connectivity index (χ1) is 21.1. The summed E-state index contributed by atoms with van der Waals surface area (Å²) < 4.78 is 12.2. The van der Waals surface area contributed by atoms with Crippen LogP contribution in [-0.4, -0.2) is 26.3 Å². The van der Waals surface area contributed by atoms with Crippen molar-refractivity contribution >= 4 is 47.3 Å². The van der Waals surface area contributed by atoms with Crippen molar-refractivity contribution in [2.45, 2.75) is 32.4 Å². The second-order valence-electron chi connectivity index (χ2n) is 11.4. The molecule has 44 heavy (non-hydrogen) atoms. The van der Waals surface area contributed by atoms with E-state index in [-0.39, 0.29) is 16.4 Å². The lowest BCUT2D eigenvalue weighted by Crippen LogP contribution is -2.66. The summed E-state index contributed by atoms with van der Waals surface area (Å²) in [5.74, 6) is 0.167. The molecule has 0 radical (unpaired) electrons. The lowest BCUT2D eigenvalue weighted by molar-refractivity contribution is -0.383. The molecule has 1 amide bonds. The number of rotatable bonds is 10. The third kappa shape index (κ3) is 6.35. The van der Waals surface area contributed by atoms with Crippen LogP contribution < -0.4 is 20.4 Å². The first-order valence-electron chi connectivity index (χ1n) is 14.2. The van der Waals surface area contributed by atoms with Crippen LogP contribution in [0.3, 0.4) is 0 Å². The molecule has 4 aromatic carbocycles. The van der Waals surface area contributed by atoms with Crippen LogP contribution in [0.25, 0.3) is 10.4 Å². The van der Waals surface area contributed by atoms with Gasteiger partial charge in [-0.1, -0.05) is 81.4 Å². The second kappa shape index (κ2) is 13.0. The van der Waals surface area contributed by atoms with Crippen LogP contribution in [0.15, 0.2) is 115 Å². The zero-order valence-corrected chi connectivity index (χ0v) is 26.9. The van der Waals surface area contributed by atoms with Crippen LogP contribution in [-0.2, 0) is 11.0 Å². The molecule has 0 fully saturated rings. The normalized spacial score (nSPS) is 11.6. The quantitative estimate of drug-likeness (QED) is 0.0981. The summed E-state index contributed by atoms with van der Waals surface area (Å²) in [6.45, 7) is 7.17. The maximum atomic E-state index is 12.9. The minimum Gasteiger partial charge on any atom is -0.497 e. The van der Waals surface area contributed by atoms with Crippen molar-refractivity contribution in [3.05, 3.63) is 136 Å². The molecule has 0 spiro atoms. The van der Waals surface area contributed by atoms with E-state index in [1.165, 1.54) is 16.4 Å². The van der Waals surface area contributed by atoms with Gasteiger partial charge in [0, 0.05) is 21.4 Å². The van der Waals surface area contributed by atoms with Gasteiger partial charge in [0.15, 0.2) is 0 Å². The Hall–Kier alpha value is -4.57. The Morgan fingerprint density at radius 3 is 2.02 bits per heavy atom. The fourth-order valence-electron chi connectivity index (χ4n) is 5.44. The number of methoxy groups -OCH3 is 1. The Morgan fingerprint density at radius 2 is 1.48 bits per heavy atom. The summed E-state index contributed by atoms with van der Waals surface area (Å²) in [5, 5.41) is 16.8. The highest BCUT2D eigenvalue weighted by molar-refractivity contribution is 7.15. The van der Waals surface area contributed by atoms with Gasteiger partial charge in [-0.3, -0.25) is 14.9 Å². The van der Waals surface area contributed by atoms with E-state index in [4.69, 9.17) is 9.16 Å². The summed E-state index contributed by atoms with van der Waals surface area (Å²) in [6, 6.07) is 36.4. The van der Waals surface area contributed by atoms with E-state index < -0.39 is 19.1 Å². The van der Waals surface area contributed by atoms with Crippen molar-refractivity contribution in [3.63, 3.8) is 0 Å². The second-order valence-corrected chi connectivity index (χ2v) is 16.9. The van der Waals surface area contributed by atoms with Crippen molar-refractivity contribution in [2.24, 2.45) is 0 Å². The molecule has 1 aromatic heterocycles. The predicted molar refractivity (Wildman–Crippen MR) is 180 cm³/mol. The highest BCUT2D eigenvalue weighted by atomic mass is 32.1. The number of anilines is 1. The van der Waals surface area contributed by atoms with E-state index in [0.29, 0.717) is 17.9 Å². The molecule has 1 N–H and O–H groups in total. The minimum absolute atomic E-state index is 0.131. The number of hydrogen-bond donors (Lipinski definition) is 1. The molecule has 224 valence electrons. The van der Waals surface area contributed by atoms with Gasteiger partial charge in [0.1, 0.15) is 11.4 Å². The topological polar surface area (TPSA) is 90.7 Å². The maximum Gasteiger partial charge on any atom is 0.292 e. The van der Waals surface area contributed by atoms with E-state index in [9.17, 15) is 14.9 Å². The molecule has 0 saturated heterocycles. The van der Waals surface area contributed by atoms with Gasteiger partial charge in [-0.15, -0.1) is 11.3 Å². The van der Waals surface area contributed by atoms with Crippen molar-refractivity contribution in [1.29, 1.82) is 0 Å². The number of benzene rings is 4. The fourth-order valence-corrected chi connectivity index (χ4v) is 11.0. The molecular formula is C35H34N2O5SSi. The molecule has 7 nitrogen and oxygen atoms in total. The first-order valence-corrected chi connectivity index (χ1v) is 16.9. The molecule has 5 aromatic rings. The van der Waals surface area contributed by atoms with Gasteiger partial charge in [-0.25, -0.2) is 0 Å². The Balaban J connectivity index is 1.43. The average Bonchev–Trinajstić information content (AvgIpc) is 3.51. The van der Waals surface area contributed by atoms with Crippen LogP contribution in [0.5, 0.6) is 5.75 Å². The third-order valence-electron chi connectivity index (χ3n) is 7.59. The van der Waals surface area contributed by atoms with Gasteiger partial charge < -0.3 is 14.5 Å². The number of thiophene rings is 1. The zero-order chi connectivity index (χ0) is 31.3. The van der Waals surface area contributed by atoms with Gasteiger partial charge in [0.25, 0.3) is 19.9 Å². The summed E-state index contributed by atoms with van der Waals surface area (Å²) in [6.07, 6.45) is 0. The highest BCUT2D eigenvalue weighted by Crippen LogP contribution is 2.39. The van der Waals surface area contributed by atoms with Gasteiger partial charge in [-0.2, -0.15) is 0 Å². The lowest BCUT2D eigenvalue weighted by atomic mass is 10.1. The van der Waals surface area contributed by atoms with E-state index in [1.54, 1.807) is 54.8 Å². The van der Waals surface area contributed by atoms with Gasteiger partial charge in [0.05, 0.1) is 18.6 Å². The van der Waals surface area contributed by atoms with E-state index in [0.717, 1.165) is 15.3 Å². The van der Waals surface area contributed by atoms with Crippen molar-refractivity contribution in [2.75, 3.05) is 12.4 Å². The lowest BCUT2D eigenvalue weighted by Gasteiger charge is -2.43. The van der Waals surface area contributed by atoms with Gasteiger partial charge >= 0.3 is 0 Å². The van der Waals surface area contributed by atoms with Crippen molar-refractivity contribution in [3.8, 4) is 16.2 Å². The van der Waals surface area contributed by atoms with Crippen LogP contribution in [0.2, 0.25) is 5.04 Å². The smallest absolute Gasteiger partial charge is 0.292 e. The maximum absolute atomic E-state index is 12.9. The molecule has 5 rings (SSSR count). The number of nitrogens with one attached hydrogen (secondary N) is 1. The van der Waals surface area contributed by atoms with Crippen LogP contribution >= 0.6 is 11.3 Å². The fraction of sp³-hybridized carbons (Fsp3) is 0.171. The molecule has 1 heterocycles. The summed E-state index contributed by atoms with van der Waals surface area (Å²) in [5.41, 5.74) is 1.08. The number of ether oxygens (including phenoxy) is 1. The predicted octanol–water partition coefficient (Wildman–Crippen LogP) is 7.66. The van der Waals surface area contributed by atoms with Crippen LogP contribution in [0.1, 0.15) is 36.0 Å². The Kier molecular flexibility index (Phi) is 9.10. The molecule has 0 bridgehead atoms. The number of nitro benzene ring substituents is 1. The molecule has 0 atom stereocenters. The average molecular weight is 623 g/mol.